The summed E-state index contributed by atoms with van der Waals surface area (Å²) in [7, 11) is 0. The van der Waals surface area contributed by atoms with Crippen molar-refractivity contribution in [3.05, 3.63) is 0 Å². The Morgan fingerprint density at radius 2 is 1.86 bits per heavy atom. The number of hydrogen-bond donors (Lipinski definition) is 3. The third kappa shape index (κ3) is 5.17. The van der Waals surface area contributed by atoms with Crippen molar-refractivity contribution in [1.82, 2.24) is 10.6 Å². The van der Waals surface area contributed by atoms with Gasteiger partial charge in [0.1, 0.15) is 6.10 Å². The molecular formula is C14H24N2O5. The summed E-state index contributed by atoms with van der Waals surface area (Å²) < 4.78 is 11.9. The van der Waals surface area contributed by atoms with Gasteiger partial charge in [-0.3, -0.25) is 4.79 Å². The summed E-state index contributed by atoms with van der Waals surface area (Å²) in [6.45, 7) is 0.989. The number of nitrogens with one attached hydrogen (secondary N) is 2. The first-order valence-electron chi connectivity index (χ1n) is 7.65. The van der Waals surface area contributed by atoms with Gasteiger partial charge < -0.3 is 25.2 Å². The third-order valence-corrected chi connectivity index (χ3v) is 3.89. The minimum atomic E-state index is -0.932. The van der Waals surface area contributed by atoms with Crippen molar-refractivity contribution in [3.8, 4) is 0 Å². The van der Waals surface area contributed by atoms with E-state index in [1.807, 2.05) is 0 Å². The molecule has 2 amide bonds. The lowest BCUT2D eigenvalue weighted by Gasteiger charge is -2.26. The second-order valence-corrected chi connectivity index (χ2v) is 5.66. The fourth-order valence-electron chi connectivity index (χ4n) is 2.80. The van der Waals surface area contributed by atoms with E-state index in [1.165, 1.54) is 12.8 Å². The molecule has 2 fully saturated rings. The predicted molar refractivity (Wildman–Crippen MR) is 74.9 cm³/mol. The highest BCUT2D eigenvalue weighted by molar-refractivity contribution is 5.74. The molecule has 120 valence electrons. The minimum absolute atomic E-state index is 0.0838. The van der Waals surface area contributed by atoms with E-state index in [9.17, 15) is 9.59 Å². The highest BCUT2D eigenvalue weighted by Crippen LogP contribution is 2.36. The maximum Gasteiger partial charge on any atom is 0.314 e. The van der Waals surface area contributed by atoms with Gasteiger partial charge >= 0.3 is 12.0 Å². The van der Waals surface area contributed by atoms with Crippen LogP contribution in [0.5, 0.6) is 0 Å². The average Bonchev–Trinajstić information content (AvgIpc) is 2.68. The predicted octanol–water partition coefficient (Wildman–Crippen LogP) is 1.23. The zero-order chi connectivity index (χ0) is 15.1. The van der Waals surface area contributed by atoms with Crippen LogP contribution >= 0.6 is 0 Å². The van der Waals surface area contributed by atoms with Gasteiger partial charge in [-0.1, -0.05) is 12.8 Å². The lowest BCUT2D eigenvalue weighted by atomic mass is 10.1. The van der Waals surface area contributed by atoms with Crippen molar-refractivity contribution in [2.24, 2.45) is 0 Å². The van der Waals surface area contributed by atoms with Crippen LogP contribution in [0.1, 0.15) is 44.9 Å². The van der Waals surface area contributed by atoms with E-state index in [0.717, 1.165) is 25.7 Å². The summed E-state index contributed by atoms with van der Waals surface area (Å²) in [6.07, 6.45) is 6.33. The molecule has 1 saturated carbocycles. The van der Waals surface area contributed by atoms with Gasteiger partial charge in [0.05, 0.1) is 13.0 Å². The van der Waals surface area contributed by atoms with Crippen molar-refractivity contribution in [1.29, 1.82) is 0 Å². The van der Waals surface area contributed by atoms with Crippen molar-refractivity contribution < 1.29 is 24.2 Å². The summed E-state index contributed by atoms with van der Waals surface area (Å²) in [6, 6.07) is -0.373. The Balaban J connectivity index is 1.65. The van der Waals surface area contributed by atoms with Gasteiger partial charge in [-0.15, -0.1) is 0 Å². The molecule has 7 nitrogen and oxygen atoms in total. The summed E-state index contributed by atoms with van der Waals surface area (Å²) in [5.74, 6) is -1.37. The van der Waals surface area contributed by atoms with Crippen LogP contribution in [-0.4, -0.2) is 48.7 Å². The Hall–Kier alpha value is -1.34. The molecule has 3 N–H and O–H groups in total. The van der Waals surface area contributed by atoms with Gasteiger partial charge in [0.2, 0.25) is 0 Å². The fraction of sp³-hybridized carbons (Fsp3) is 0.857. The van der Waals surface area contributed by atoms with Crippen LogP contribution in [0, 0.1) is 0 Å². The van der Waals surface area contributed by atoms with Crippen molar-refractivity contribution >= 4 is 12.0 Å². The molecule has 2 aliphatic rings. The van der Waals surface area contributed by atoms with Gasteiger partial charge in [-0.2, -0.15) is 0 Å². The topological polar surface area (TPSA) is 96.9 Å². The number of carbonyl (C=O) groups excluding carboxylic acids is 1. The number of amides is 2. The van der Waals surface area contributed by atoms with E-state index >= 15 is 0 Å². The Bertz CT molecular complexity index is 366. The van der Waals surface area contributed by atoms with Crippen molar-refractivity contribution in [2.75, 3.05) is 19.7 Å². The average molecular weight is 300 g/mol. The molecule has 1 aliphatic carbocycles. The molecule has 1 saturated heterocycles. The molecule has 0 radical (unpaired) electrons. The molecule has 1 atom stereocenters. The SMILES string of the molecule is O=C(O)CCNC(=O)NCC1COC2(CCCCCC2)O1. The maximum absolute atomic E-state index is 11.5. The highest BCUT2D eigenvalue weighted by atomic mass is 16.7. The van der Waals surface area contributed by atoms with Gasteiger partial charge in [0.25, 0.3) is 0 Å². The number of urea groups is 1. The van der Waals surface area contributed by atoms with Crippen LogP contribution in [-0.2, 0) is 14.3 Å². The maximum atomic E-state index is 11.5. The molecule has 0 aromatic rings. The standard InChI is InChI=1S/C14H24N2O5/c17-12(18)5-8-15-13(19)16-9-11-10-20-14(21-11)6-3-1-2-4-7-14/h11H,1-10H2,(H,17,18)(H2,15,16,19). The van der Waals surface area contributed by atoms with Crippen LogP contribution in [0.15, 0.2) is 0 Å². The number of aliphatic carboxylic acids is 1. The van der Waals surface area contributed by atoms with Gasteiger partial charge in [0.15, 0.2) is 5.79 Å². The first kappa shape index (κ1) is 16.0. The zero-order valence-corrected chi connectivity index (χ0v) is 12.2. The lowest BCUT2D eigenvalue weighted by Crippen LogP contribution is -2.41. The van der Waals surface area contributed by atoms with Gasteiger partial charge in [-0.05, 0) is 12.8 Å². The van der Waals surface area contributed by atoms with Gasteiger partial charge in [0, 0.05) is 25.9 Å². The molecule has 0 aromatic heterocycles. The molecule has 1 unspecified atom stereocenters. The molecule has 2 rings (SSSR count). The summed E-state index contributed by atoms with van der Waals surface area (Å²) in [5, 5.41) is 13.7. The second-order valence-electron chi connectivity index (χ2n) is 5.66. The largest absolute Gasteiger partial charge is 0.481 e. The molecule has 7 heteroatoms. The zero-order valence-electron chi connectivity index (χ0n) is 12.2. The first-order valence-corrected chi connectivity index (χ1v) is 7.65. The summed E-state index contributed by atoms with van der Waals surface area (Å²) >= 11 is 0. The van der Waals surface area contributed by atoms with Crippen LogP contribution in [0.3, 0.4) is 0 Å². The van der Waals surface area contributed by atoms with Crippen molar-refractivity contribution in [2.45, 2.75) is 56.8 Å². The van der Waals surface area contributed by atoms with Crippen LogP contribution in [0.2, 0.25) is 0 Å². The Morgan fingerprint density at radius 3 is 2.52 bits per heavy atom. The van der Waals surface area contributed by atoms with E-state index < -0.39 is 11.8 Å². The van der Waals surface area contributed by atoms with Crippen LogP contribution in [0.4, 0.5) is 4.79 Å². The molecule has 0 aromatic carbocycles. The van der Waals surface area contributed by atoms with E-state index in [1.54, 1.807) is 0 Å². The van der Waals surface area contributed by atoms with Crippen LogP contribution < -0.4 is 10.6 Å². The van der Waals surface area contributed by atoms with E-state index in [-0.39, 0.29) is 25.1 Å². The molecule has 1 aliphatic heterocycles. The van der Waals surface area contributed by atoms with E-state index in [4.69, 9.17) is 14.6 Å². The number of carbonyl (C=O) groups is 2. The molecule has 1 spiro atoms. The normalized spacial score (nSPS) is 24.5. The smallest absolute Gasteiger partial charge is 0.314 e. The number of hydrogen-bond acceptors (Lipinski definition) is 4. The second kappa shape index (κ2) is 7.61. The Morgan fingerprint density at radius 1 is 1.14 bits per heavy atom. The number of ether oxygens (including phenoxy) is 2. The lowest BCUT2D eigenvalue weighted by molar-refractivity contribution is -0.175. The summed E-state index contributed by atoms with van der Waals surface area (Å²) in [5.41, 5.74) is 0. The molecular weight excluding hydrogens is 276 g/mol. The Kier molecular flexibility index (Phi) is 5.81. The quantitative estimate of drug-likeness (QED) is 0.709. The summed E-state index contributed by atoms with van der Waals surface area (Å²) in [4.78, 5) is 21.8. The molecule has 0 bridgehead atoms. The van der Waals surface area contributed by atoms with Crippen molar-refractivity contribution in [3.63, 3.8) is 0 Å². The number of carboxylic acid groups (broad SMARTS) is 1. The third-order valence-electron chi connectivity index (χ3n) is 3.89. The number of rotatable bonds is 5. The minimum Gasteiger partial charge on any atom is -0.481 e. The Labute approximate surface area is 124 Å². The number of carboxylic acids is 1. The van der Waals surface area contributed by atoms with Gasteiger partial charge in [-0.25, -0.2) is 4.79 Å². The van der Waals surface area contributed by atoms with Crippen LogP contribution in [0.25, 0.3) is 0 Å². The fourth-order valence-corrected chi connectivity index (χ4v) is 2.80. The van der Waals surface area contributed by atoms with E-state index in [2.05, 4.69) is 10.6 Å². The first-order chi connectivity index (χ1) is 10.1. The molecule has 1 heterocycles. The van der Waals surface area contributed by atoms with E-state index in [0.29, 0.717) is 13.2 Å². The molecule has 21 heavy (non-hydrogen) atoms. The monoisotopic (exact) mass is 300 g/mol. The highest BCUT2D eigenvalue weighted by Gasteiger charge is 2.41.